The van der Waals surface area contributed by atoms with Crippen LogP contribution in [0.4, 0.5) is 4.39 Å². The molecule has 2 fully saturated rings. The largest absolute Gasteiger partial charge is 0.379 e. The Labute approximate surface area is 162 Å². The average molecular weight is 377 g/mol. The number of amides is 1. The van der Waals surface area contributed by atoms with Gasteiger partial charge in [-0.1, -0.05) is 44.4 Å². The first-order valence-corrected chi connectivity index (χ1v) is 10.5. The number of nitrogens with zero attached hydrogens (tertiary/aromatic N) is 2. The topological polar surface area (TPSA) is 32.8 Å². The van der Waals surface area contributed by atoms with Gasteiger partial charge in [0.1, 0.15) is 5.82 Å². The molecule has 1 saturated heterocycles. The summed E-state index contributed by atoms with van der Waals surface area (Å²) >= 11 is 0. The quantitative estimate of drug-likeness (QED) is 0.584. The summed E-state index contributed by atoms with van der Waals surface area (Å²) in [5.74, 6) is 0.0478. The van der Waals surface area contributed by atoms with Gasteiger partial charge in [-0.2, -0.15) is 0 Å². The van der Waals surface area contributed by atoms with E-state index < -0.39 is 0 Å². The molecule has 2 unspecified atom stereocenters. The van der Waals surface area contributed by atoms with Crippen LogP contribution in [0.3, 0.4) is 0 Å². The van der Waals surface area contributed by atoms with Crippen molar-refractivity contribution < 1.29 is 13.9 Å². The van der Waals surface area contributed by atoms with Crippen LogP contribution in [0, 0.1) is 11.7 Å². The summed E-state index contributed by atoms with van der Waals surface area (Å²) in [6.07, 6.45) is 5.41. The summed E-state index contributed by atoms with van der Waals surface area (Å²) < 4.78 is 19.5. The molecule has 0 spiro atoms. The Morgan fingerprint density at radius 2 is 1.96 bits per heavy atom. The van der Waals surface area contributed by atoms with Gasteiger partial charge in [-0.05, 0) is 30.4 Å². The Hall–Kier alpha value is -1.46. The lowest BCUT2D eigenvalue weighted by Crippen LogP contribution is -2.43. The number of carbonyl (C=O) groups is 1. The van der Waals surface area contributed by atoms with Gasteiger partial charge in [0.05, 0.1) is 13.2 Å². The standard InChI is InChI=1S/C22H33FN2O2/c1-2-3-4-7-10-25(12-11-24-13-15-27-16-14-24)22(26)20-17-19(20)18-8-5-6-9-21(18)23/h5-6,8-9,19-20H,2-4,7,10-17H2,1H3. The summed E-state index contributed by atoms with van der Waals surface area (Å²) in [7, 11) is 0. The van der Waals surface area contributed by atoms with Gasteiger partial charge in [0.25, 0.3) is 0 Å². The van der Waals surface area contributed by atoms with Crippen molar-refractivity contribution in [1.82, 2.24) is 9.80 Å². The molecule has 1 heterocycles. The number of ether oxygens (including phenoxy) is 1. The number of carbonyl (C=O) groups excluding carboxylic acids is 1. The Morgan fingerprint density at radius 3 is 2.70 bits per heavy atom. The van der Waals surface area contributed by atoms with Crippen LogP contribution in [0.15, 0.2) is 24.3 Å². The lowest BCUT2D eigenvalue weighted by Gasteiger charge is -2.30. The van der Waals surface area contributed by atoms with E-state index in [-0.39, 0.29) is 23.6 Å². The van der Waals surface area contributed by atoms with Crippen LogP contribution < -0.4 is 0 Å². The molecule has 0 aromatic heterocycles. The van der Waals surface area contributed by atoms with Gasteiger partial charge in [0, 0.05) is 38.6 Å². The van der Waals surface area contributed by atoms with Gasteiger partial charge in [-0.25, -0.2) is 4.39 Å². The minimum atomic E-state index is -0.180. The molecule has 27 heavy (non-hydrogen) atoms. The third-order valence-electron chi connectivity index (χ3n) is 5.80. The molecular formula is C22H33FN2O2. The number of benzene rings is 1. The molecule has 1 aromatic rings. The molecule has 2 atom stereocenters. The molecule has 3 rings (SSSR count). The lowest BCUT2D eigenvalue weighted by molar-refractivity contribution is -0.133. The van der Waals surface area contributed by atoms with Crippen LogP contribution in [0.1, 0.15) is 50.5 Å². The highest BCUT2D eigenvalue weighted by atomic mass is 19.1. The van der Waals surface area contributed by atoms with E-state index in [1.807, 2.05) is 17.0 Å². The van der Waals surface area contributed by atoms with Gasteiger partial charge in [0.15, 0.2) is 0 Å². The fourth-order valence-corrected chi connectivity index (χ4v) is 3.97. The fourth-order valence-electron chi connectivity index (χ4n) is 3.97. The number of unbranched alkanes of at least 4 members (excludes halogenated alkanes) is 3. The normalized spacial score (nSPS) is 22.6. The van der Waals surface area contributed by atoms with Crippen molar-refractivity contribution >= 4 is 5.91 Å². The summed E-state index contributed by atoms with van der Waals surface area (Å²) in [5, 5.41) is 0. The van der Waals surface area contributed by atoms with E-state index in [0.717, 1.165) is 58.8 Å². The van der Waals surface area contributed by atoms with Crippen LogP contribution in [-0.4, -0.2) is 61.6 Å². The van der Waals surface area contributed by atoms with E-state index in [2.05, 4.69) is 11.8 Å². The lowest BCUT2D eigenvalue weighted by atomic mass is 10.1. The van der Waals surface area contributed by atoms with Crippen molar-refractivity contribution in [2.75, 3.05) is 45.9 Å². The van der Waals surface area contributed by atoms with Crippen LogP contribution in [0.2, 0.25) is 0 Å². The number of rotatable bonds is 10. The van der Waals surface area contributed by atoms with Gasteiger partial charge in [-0.15, -0.1) is 0 Å². The van der Waals surface area contributed by atoms with E-state index in [1.54, 1.807) is 6.07 Å². The maximum Gasteiger partial charge on any atom is 0.226 e. The highest BCUT2D eigenvalue weighted by molar-refractivity contribution is 5.83. The van der Waals surface area contributed by atoms with E-state index in [4.69, 9.17) is 4.74 Å². The molecule has 0 radical (unpaired) electrons. The minimum Gasteiger partial charge on any atom is -0.379 e. The summed E-state index contributed by atoms with van der Waals surface area (Å²) in [6, 6.07) is 6.89. The fraction of sp³-hybridized carbons (Fsp3) is 0.682. The van der Waals surface area contributed by atoms with Crippen LogP contribution in [-0.2, 0) is 9.53 Å². The van der Waals surface area contributed by atoms with Crippen LogP contribution in [0.25, 0.3) is 0 Å². The third kappa shape index (κ3) is 5.76. The number of hydrogen-bond donors (Lipinski definition) is 0. The third-order valence-corrected chi connectivity index (χ3v) is 5.80. The zero-order valence-corrected chi connectivity index (χ0v) is 16.5. The van der Waals surface area contributed by atoms with Crippen molar-refractivity contribution in [3.05, 3.63) is 35.6 Å². The van der Waals surface area contributed by atoms with Crippen molar-refractivity contribution in [2.24, 2.45) is 5.92 Å². The van der Waals surface area contributed by atoms with Crippen molar-refractivity contribution in [2.45, 2.75) is 44.9 Å². The molecule has 0 N–H and O–H groups in total. The molecule has 1 aliphatic carbocycles. The molecule has 5 heteroatoms. The predicted octanol–water partition coefficient (Wildman–Crippen LogP) is 3.67. The second-order valence-electron chi connectivity index (χ2n) is 7.81. The number of halogens is 1. The van der Waals surface area contributed by atoms with Gasteiger partial charge in [0.2, 0.25) is 5.91 Å². The molecule has 4 nitrogen and oxygen atoms in total. The molecule has 0 bridgehead atoms. The first-order valence-electron chi connectivity index (χ1n) is 10.5. The maximum absolute atomic E-state index is 14.1. The maximum atomic E-state index is 14.1. The molecule has 150 valence electrons. The summed E-state index contributed by atoms with van der Waals surface area (Å²) in [5.41, 5.74) is 0.704. The Bertz CT molecular complexity index is 604. The molecule has 1 aromatic carbocycles. The Balaban J connectivity index is 1.55. The molecular weight excluding hydrogens is 343 g/mol. The van der Waals surface area contributed by atoms with Crippen molar-refractivity contribution in [3.8, 4) is 0 Å². The minimum absolute atomic E-state index is 0.0437. The van der Waals surface area contributed by atoms with Crippen molar-refractivity contribution in [1.29, 1.82) is 0 Å². The van der Waals surface area contributed by atoms with Crippen LogP contribution >= 0.6 is 0 Å². The van der Waals surface area contributed by atoms with E-state index >= 15 is 0 Å². The highest BCUT2D eigenvalue weighted by Crippen LogP contribution is 2.49. The SMILES string of the molecule is CCCCCCN(CCN1CCOCC1)C(=O)C1CC1c1ccccc1F. The first kappa shape index (κ1) is 20.3. The van der Waals surface area contributed by atoms with E-state index in [0.29, 0.717) is 5.56 Å². The van der Waals surface area contributed by atoms with E-state index in [1.165, 1.54) is 25.3 Å². The smallest absolute Gasteiger partial charge is 0.226 e. The van der Waals surface area contributed by atoms with Crippen LogP contribution in [0.5, 0.6) is 0 Å². The Kier molecular flexibility index (Phi) is 7.65. The second kappa shape index (κ2) is 10.2. The zero-order chi connectivity index (χ0) is 19.1. The summed E-state index contributed by atoms with van der Waals surface area (Å²) in [6.45, 7) is 8.14. The monoisotopic (exact) mass is 376 g/mol. The number of morpholine rings is 1. The molecule has 2 aliphatic rings. The van der Waals surface area contributed by atoms with Crippen molar-refractivity contribution in [3.63, 3.8) is 0 Å². The van der Waals surface area contributed by atoms with Gasteiger partial charge >= 0.3 is 0 Å². The highest BCUT2D eigenvalue weighted by Gasteiger charge is 2.46. The summed E-state index contributed by atoms with van der Waals surface area (Å²) in [4.78, 5) is 17.5. The second-order valence-corrected chi connectivity index (χ2v) is 7.81. The van der Waals surface area contributed by atoms with Gasteiger partial charge in [-0.3, -0.25) is 9.69 Å². The van der Waals surface area contributed by atoms with Gasteiger partial charge < -0.3 is 9.64 Å². The van der Waals surface area contributed by atoms with E-state index in [9.17, 15) is 9.18 Å². The predicted molar refractivity (Wildman–Crippen MR) is 105 cm³/mol. The molecule has 1 amide bonds. The average Bonchev–Trinajstić information content (AvgIpc) is 3.49. The molecule has 1 aliphatic heterocycles. The first-order chi connectivity index (χ1) is 13.2. The Morgan fingerprint density at radius 1 is 1.19 bits per heavy atom. The molecule has 1 saturated carbocycles. The number of hydrogen-bond acceptors (Lipinski definition) is 3. The zero-order valence-electron chi connectivity index (χ0n) is 16.5.